The van der Waals surface area contributed by atoms with E-state index in [1.165, 1.54) is 12.8 Å². The lowest BCUT2D eigenvalue weighted by Crippen LogP contribution is -2.35. The van der Waals surface area contributed by atoms with Crippen LogP contribution in [-0.2, 0) is 9.59 Å². The van der Waals surface area contributed by atoms with Crippen molar-refractivity contribution in [3.63, 3.8) is 0 Å². The van der Waals surface area contributed by atoms with Crippen molar-refractivity contribution >= 4 is 11.8 Å². The van der Waals surface area contributed by atoms with E-state index in [2.05, 4.69) is 24.3 Å². The third kappa shape index (κ3) is 4.41. The summed E-state index contributed by atoms with van der Waals surface area (Å²) in [7, 11) is 0. The molecule has 0 radical (unpaired) electrons. The molecule has 2 aliphatic rings. The topological polar surface area (TPSA) is 75.4 Å². The Hall–Kier alpha value is -1.85. The largest absolute Gasteiger partial charge is 0.361 e. The third-order valence-electron chi connectivity index (χ3n) is 5.32. The standard InChI is InChI=1S/C19H29N3O3/c1-13(2)17-12-15(21-25-17)16-8-5-11-22(16)19(24)10-9-18(23)20-14-6-3-4-7-14/h12-14,16H,3-11H2,1-2H3,(H,20,23)/t16-/m0/s1. The second-order valence-corrected chi connectivity index (χ2v) is 7.60. The van der Waals surface area contributed by atoms with Gasteiger partial charge in [-0.1, -0.05) is 31.8 Å². The predicted molar refractivity (Wildman–Crippen MR) is 93.9 cm³/mol. The molecule has 1 saturated carbocycles. The van der Waals surface area contributed by atoms with Crippen molar-refractivity contribution < 1.29 is 14.1 Å². The van der Waals surface area contributed by atoms with Gasteiger partial charge in [0.1, 0.15) is 11.5 Å². The molecule has 1 aliphatic carbocycles. The predicted octanol–water partition coefficient (Wildman–Crippen LogP) is 3.30. The molecule has 1 aromatic rings. The Balaban J connectivity index is 1.52. The van der Waals surface area contributed by atoms with Gasteiger partial charge >= 0.3 is 0 Å². The Morgan fingerprint density at radius 3 is 2.68 bits per heavy atom. The Morgan fingerprint density at radius 2 is 2.00 bits per heavy atom. The molecule has 2 fully saturated rings. The number of carbonyl (C=O) groups is 2. The summed E-state index contributed by atoms with van der Waals surface area (Å²) in [5, 5.41) is 7.21. The van der Waals surface area contributed by atoms with Crippen LogP contribution < -0.4 is 5.32 Å². The molecule has 6 heteroatoms. The van der Waals surface area contributed by atoms with Gasteiger partial charge in [0, 0.05) is 37.4 Å². The number of amides is 2. The van der Waals surface area contributed by atoms with Gasteiger partial charge in [0.05, 0.1) is 6.04 Å². The minimum Gasteiger partial charge on any atom is -0.361 e. The van der Waals surface area contributed by atoms with Crippen molar-refractivity contribution in [2.45, 2.75) is 83.2 Å². The van der Waals surface area contributed by atoms with Crippen LogP contribution in [0.5, 0.6) is 0 Å². The van der Waals surface area contributed by atoms with Crippen LogP contribution in [0, 0.1) is 0 Å². The average Bonchev–Trinajstić information content (AvgIpc) is 3.31. The van der Waals surface area contributed by atoms with Crippen molar-refractivity contribution in [1.82, 2.24) is 15.4 Å². The maximum Gasteiger partial charge on any atom is 0.223 e. The lowest BCUT2D eigenvalue weighted by molar-refractivity contribution is -0.134. The molecule has 6 nitrogen and oxygen atoms in total. The molecular formula is C19H29N3O3. The first kappa shape index (κ1) is 18.0. The molecule has 1 aliphatic heterocycles. The SMILES string of the molecule is CC(C)c1cc([C@@H]2CCCN2C(=O)CCC(=O)NC2CCCC2)no1. The van der Waals surface area contributed by atoms with E-state index in [4.69, 9.17) is 4.52 Å². The van der Waals surface area contributed by atoms with E-state index in [-0.39, 0.29) is 36.6 Å². The van der Waals surface area contributed by atoms with E-state index in [0.717, 1.165) is 43.7 Å². The fourth-order valence-electron chi connectivity index (χ4n) is 3.84. The highest BCUT2D eigenvalue weighted by molar-refractivity contribution is 5.84. The van der Waals surface area contributed by atoms with Crippen molar-refractivity contribution in [3.05, 3.63) is 17.5 Å². The van der Waals surface area contributed by atoms with Crippen LogP contribution in [0.1, 0.15) is 88.6 Å². The lowest BCUT2D eigenvalue weighted by atomic mass is 10.1. The van der Waals surface area contributed by atoms with Gasteiger partial charge in [0.25, 0.3) is 0 Å². The summed E-state index contributed by atoms with van der Waals surface area (Å²) in [5.41, 5.74) is 0.838. The molecule has 2 heterocycles. The van der Waals surface area contributed by atoms with E-state index >= 15 is 0 Å². The summed E-state index contributed by atoms with van der Waals surface area (Å²) in [6.45, 7) is 4.85. The first-order chi connectivity index (χ1) is 12.0. The maximum atomic E-state index is 12.6. The second kappa shape index (κ2) is 8.02. The van der Waals surface area contributed by atoms with Gasteiger partial charge in [-0.05, 0) is 25.7 Å². The van der Waals surface area contributed by atoms with E-state index in [0.29, 0.717) is 6.04 Å². The molecule has 0 aromatic carbocycles. The summed E-state index contributed by atoms with van der Waals surface area (Å²) in [6, 6.07) is 2.27. The van der Waals surface area contributed by atoms with Gasteiger partial charge in [-0.3, -0.25) is 9.59 Å². The van der Waals surface area contributed by atoms with Crippen LogP contribution in [-0.4, -0.2) is 34.5 Å². The molecule has 25 heavy (non-hydrogen) atoms. The Labute approximate surface area is 149 Å². The lowest BCUT2D eigenvalue weighted by Gasteiger charge is -2.23. The summed E-state index contributed by atoms with van der Waals surface area (Å²) in [6.07, 6.45) is 6.93. The molecule has 0 bridgehead atoms. The van der Waals surface area contributed by atoms with Crippen LogP contribution in [0.15, 0.2) is 10.6 Å². The molecule has 1 aromatic heterocycles. The zero-order chi connectivity index (χ0) is 17.8. The van der Waals surface area contributed by atoms with E-state index in [9.17, 15) is 9.59 Å². The number of likely N-dealkylation sites (tertiary alicyclic amines) is 1. The zero-order valence-corrected chi connectivity index (χ0v) is 15.3. The summed E-state index contributed by atoms with van der Waals surface area (Å²) >= 11 is 0. The van der Waals surface area contributed by atoms with Gasteiger partial charge in [-0.25, -0.2) is 0 Å². The highest BCUT2D eigenvalue weighted by Gasteiger charge is 2.32. The molecule has 138 valence electrons. The number of hydrogen-bond donors (Lipinski definition) is 1. The molecule has 1 atom stereocenters. The molecule has 1 N–H and O–H groups in total. The van der Waals surface area contributed by atoms with Gasteiger partial charge in [0.2, 0.25) is 11.8 Å². The number of nitrogens with one attached hydrogen (secondary N) is 1. The fraction of sp³-hybridized carbons (Fsp3) is 0.737. The summed E-state index contributed by atoms with van der Waals surface area (Å²) in [5.74, 6) is 1.18. The highest BCUT2D eigenvalue weighted by atomic mass is 16.5. The molecule has 2 amide bonds. The molecule has 3 rings (SSSR count). The Morgan fingerprint density at radius 1 is 1.24 bits per heavy atom. The van der Waals surface area contributed by atoms with Crippen LogP contribution in [0.3, 0.4) is 0 Å². The fourth-order valence-corrected chi connectivity index (χ4v) is 3.84. The van der Waals surface area contributed by atoms with Gasteiger partial charge in [0.15, 0.2) is 0 Å². The van der Waals surface area contributed by atoms with Gasteiger partial charge in [-0.2, -0.15) is 0 Å². The van der Waals surface area contributed by atoms with E-state index in [1.807, 2.05) is 11.0 Å². The van der Waals surface area contributed by atoms with E-state index in [1.54, 1.807) is 0 Å². The van der Waals surface area contributed by atoms with Crippen molar-refractivity contribution in [2.24, 2.45) is 0 Å². The average molecular weight is 347 g/mol. The van der Waals surface area contributed by atoms with Crippen LogP contribution in [0.25, 0.3) is 0 Å². The Bertz CT molecular complexity index is 605. The highest BCUT2D eigenvalue weighted by Crippen LogP contribution is 2.33. The quantitative estimate of drug-likeness (QED) is 0.857. The maximum absolute atomic E-state index is 12.6. The first-order valence-electron chi connectivity index (χ1n) is 9.60. The number of rotatable bonds is 6. The third-order valence-corrected chi connectivity index (χ3v) is 5.32. The van der Waals surface area contributed by atoms with Gasteiger partial charge < -0.3 is 14.7 Å². The van der Waals surface area contributed by atoms with Crippen molar-refractivity contribution in [3.8, 4) is 0 Å². The molecule has 0 spiro atoms. The van der Waals surface area contributed by atoms with Crippen LogP contribution in [0.4, 0.5) is 0 Å². The number of aromatic nitrogens is 1. The smallest absolute Gasteiger partial charge is 0.223 e. The number of nitrogens with zero attached hydrogens (tertiary/aromatic N) is 2. The molecule has 1 saturated heterocycles. The second-order valence-electron chi connectivity index (χ2n) is 7.60. The normalized spacial score (nSPS) is 21.2. The monoisotopic (exact) mass is 347 g/mol. The zero-order valence-electron chi connectivity index (χ0n) is 15.3. The Kier molecular flexibility index (Phi) is 5.76. The number of hydrogen-bond acceptors (Lipinski definition) is 4. The summed E-state index contributed by atoms with van der Waals surface area (Å²) < 4.78 is 5.39. The van der Waals surface area contributed by atoms with Gasteiger partial charge in [-0.15, -0.1) is 0 Å². The minimum atomic E-state index is -0.0124. The van der Waals surface area contributed by atoms with Crippen LogP contribution >= 0.6 is 0 Å². The van der Waals surface area contributed by atoms with Crippen molar-refractivity contribution in [1.29, 1.82) is 0 Å². The van der Waals surface area contributed by atoms with E-state index < -0.39 is 0 Å². The van der Waals surface area contributed by atoms with Crippen molar-refractivity contribution in [2.75, 3.05) is 6.54 Å². The van der Waals surface area contributed by atoms with Crippen LogP contribution in [0.2, 0.25) is 0 Å². The molecular weight excluding hydrogens is 318 g/mol. The minimum absolute atomic E-state index is 0.000438. The first-order valence-corrected chi connectivity index (χ1v) is 9.60. The molecule has 0 unspecified atom stereocenters. The summed E-state index contributed by atoms with van der Waals surface area (Å²) in [4.78, 5) is 26.5. The number of carbonyl (C=O) groups excluding carboxylic acids is 2.